The van der Waals surface area contributed by atoms with Crippen LogP contribution in [-0.4, -0.2) is 51.1 Å². The number of nitrogens with zero attached hydrogens (tertiary/aromatic N) is 4. The zero-order valence-corrected chi connectivity index (χ0v) is 15.3. The molecule has 0 unspecified atom stereocenters. The second-order valence-electron chi connectivity index (χ2n) is 6.04. The lowest BCUT2D eigenvalue weighted by molar-refractivity contribution is -0.0187. The van der Waals surface area contributed by atoms with E-state index in [0.717, 1.165) is 47.8 Å². The Bertz CT molecular complexity index is 856. The summed E-state index contributed by atoms with van der Waals surface area (Å²) >= 11 is 7.97. The fourth-order valence-electron chi connectivity index (χ4n) is 2.98. The molecule has 1 aromatic carbocycles. The van der Waals surface area contributed by atoms with Crippen LogP contribution in [0.15, 0.2) is 53.8 Å². The van der Waals surface area contributed by atoms with Gasteiger partial charge in [-0.05, 0) is 23.8 Å². The Balaban J connectivity index is 1.36. The van der Waals surface area contributed by atoms with Crippen LogP contribution in [0.3, 0.4) is 0 Å². The van der Waals surface area contributed by atoms with Crippen LogP contribution in [0, 0.1) is 0 Å². The van der Waals surface area contributed by atoms with Gasteiger partial charge in [0.2, 0.25) is 0 Å². The van der Waals surface area contributed by atoms with Crippen LogP contribution in [0.1, 0.15) is 5.56 Å². The number of benzene rings is 1. The summed E-state index contributed by atoms with van der Waals surface area (Å²) in [5.74, 6) is 0.856. The predicted octanol–water partition coefficient (Wildman–Crippen LogP) is 3.38. The molecule has 3 heterocycles. The largest absolute Gasteiger partial charge is 0.375 e. The van der Waals surface area contributed by atoms with E-state index >= 15 is 0 Å². The van der Waals surface area contributed by atoms with Crippen LogP contribution in [0.5, 0.6) is 0 Å². The second-order valence-corrected chi connectivity index (χ2v) is 7.44. The molecule has 0 N–H and O–H groups in total. The van der Waals surface area contributed by atoms with Gasteiger partial charge in [-0.25, -0.2) is 0 Å². The van der Waals surface area contributed by atoms with E-state index in [2.05, 4.69) is 21.2 Å². The molecule has 2 aromatic heterocycles. The number of aromatic nitrogens is 3. The normalized spacial score (nSPS) is 18.7. The maximum absolute atomic E-state index is 6.28. The van der Waals surface area contributed by atoms with Crippen molar-refractivity contribution in [3.8, 4) is 0 Å². The van der Waals surface area contributed by atoms with Crippen molar-refractivity contribution in [2.75, 3.05) is 25.4 Å². The highest BCUT2D eigenvalue weighted by molar-refractivity contribution is 7.99. The van der Waals surface area contributed by atoms with Gasteiger partial charge in [-0.1, -0.05) is 47.6 Å². The first-order valence-electron chi connectivity index (χ1n) is 8.29. The summed E-state index contributed by atoms with van der Waals surface area (Å²) < 4.78 is 7.94. The van der Waals surface area contributed by atoms with E-state index in [9.17, 15) is 0 Å². The molecule has 4 rings (SSSR count). The van der Waals surface area contributed by atoms with Crippen molar-refractivity contribution in [1.29, 1.82) is 0 Å². The van der Waals surface area contributed by atoms with Crippen molar-refractivity contribution in [3.63, 3.8) is 0 Å². The van der Waals surface area contributed by atoms with Gasteiger partial charge in [0.15, 0.2) is 10.8 Å². The van der Waals surface area contributed by atoms with Crippen molar-refractivity contribution >= 4 is 29.0 Å². The molecule has 1 saturated heterocycles. The van der Waals surface area contributed by atoms with Crippen molar-refractivity contribution in [3.05, 3.63) is 59.2 Å². The van der Waals surface area contributed by atoms with Crippen LogP contribution in [-0.2, 0) is 11.3 Å². The number of thioether (sulfide) groups is 1. The van der Waals surface area contributed by atoms with Gasteiger partial charge in [-0.3, -0.25) is 9.30 Å². The smallest absolute Gasteiger partial charge is 0.195 e. The Labute approximate surface area is 155 Å². The van der Waals surface area contributed by atoms with E-state index in [1.807, 2.05) is 47.0 Å². The highest BCUT2D eigenvalue weighted by Gasteiger charge is 2.22. The molecule has 0 aliphatic carbocycles. The second kappa shape index (κ2) is 7.74. The molecule has 1 aliphatic heterocycles. The lowest BCUT2D eigenvalue weighted by atomic mass is 10.2. The standard InChI is InChI=1S/C18H19ClN4OS/c19-16-6-2-1-5-14(16)11-22-9-10-24-15(12-22)13-25-18-21-20-17-7-3-4-8-23(17)18/h1-8,15H,9-13H2/t15-/m1/s1. The van der Waals surface area contributed by atoms with Crippen LogP contribution < -0.4 is 0 Å². The number of rotatable bonds is 5. The third kappa shape index (κ3) is 3.98. The molecule has 1 aliphatic rings. The Hall–Kier alpha value is -1.60. The average Bonchev–Trinajstić information content (AvgIpc) is 3.06. The molecule has 0 bridgehead atoms. The summed E-state index contributed by atoms with van der Waals surface area (Å²) in [5.41, 5.74) is 2.04. The van der Waals surface area contributed by atoms with Crippen molar-refractivity contribution < 1.29 is 4.74 Å². The summed E-state index contributed by atoms with van der Waals surface area (Å²) in [6, 6.07) is 13.9. The SMILES string of the molecule is Clc1ccccc1CN1CCO[C@@H](CSc2nnc3ccccn23)C1. The lowest BCUT2D eigenvalue weighted by Crippen LogP contribution is -2.43. The van der Waals surface area contributed by atoms with Gasteiger partial charge in [0.05, 0.1) is 12.7 Å². The maximum atomic E-state index is 6.28. The molecule has 25 heavy (non-hydrogen) atoms. The summed E-state index contributed by atoms with van der Waals surface area (Å²) in [6.07, 6.45) is 2.17. The number of hydrogen-bond acceptors (Lipinski definition) is 5. The molecular weight excluding hydrogens is 356 g/mol. The minimum atomic E-state index is 0.178. The Morgan fingerprint density at radius 1 is 1.16 bits per heavy atom. The van der Waals surface area contributed by atoms with E-state index in [0.29, 0.717) is 0 Å². The molecule has 130 valence electrons. The number of morpholine rings is 1. The first kappa shape index (κ1) is 16.8. The number of fused-ring (bicyclic) bond motifs is 1. The van der Waals surface area contributed by atoms with Crippen LogP contribution >= 0.6 is 23.4 Å². The zero-order valence-electron chi connectivity index (χ0n) is 13.7. The van der Waals surface area contributed by atoms with E-state index < -0.39 is 0 Å². The van der Waals surface area contributed by atoms with E-state index in [1.165, 1.54) is 5.56 Å². The van der Waals surface area contributed by atoms with Crippen LogP contribution in [0.25, 0.3) is 5.65 Å². The molecular formula is C18H19ClN4OS. The Morgan fingerprint density at radius 2 is 2.04 bits per heavy atom. The van der Waals surface area contributed by atoms with Crippen molar-refractivity contribution in [2.45, 2.75) is 17.8 Å². The highest BCUT2D eigenvalue weighted by Crippen LogP contribution is 2.22. The predicted molar refractivity (Wildman–Crippen MR) is 100 cm³/mol. The number of ether oxygens (including phenoxy) is 1. The van der Waals surface area contributed by atoms with Gasteiger partial charge in [0.1, 0.15) is 0 Å². The molecule has 0 saturated carbocycles. The van der Waals surface area contributed by atoms with Crippen LogP contribution in [0.2, 0.25) is 5.02 Å². The average molecular weight is 375 g/mol. The van der Waals surface area contributed by atoms with Gasteiger partial charge in [-0.2, -0.15) is 0 Å². The summed E-state index contributed by atoms with van der Waals surface area (Å²) in [5, 5.41) is 10.2. The van der Waals surface area contributed by atoms with Gasteiger partial charge in [0.25, 0.3) is 0 Å². The van der Waals surface area contributed by atoms with Crippen molar-refractivity contribution in [2.24, 2.45) is 0 Å². The van der Waals surface area contributed by atoms with Gasteiger partial charge in [-0.15, -0.1) is 10.2 Å². The highest BCUT2D eigenvalue weighted by atomic mass is 35.5. The van der Waals surface area contributed by atoms with Gasteiger partial charge >= 0.3 is 0 Å². The number of halogens is 1. The van der Waals surface area contributed by atoms with Gasteiger partial charge in [0, 0.05) is 36.6 Å². The topological polar surface area (TPSA) is 42.7 Å². The molecule has 7 heteroatoms. The quantitative estimate of drug-likeness (QED) is 0.640. The minimum Gasteiger partial charge on any atom is -0.375 e. The van der Waals surface area contributed by atoms with Crippen LogP contribution in [0.4, 0.5) is 0 Å². The minimum absolute atomic E-state index is 0.178. The fraction of sp³-hybridized carbons (Fsp3) is 0.333. The van der Waals surface area contributed by atoms with Crippen molar-refractivity contribution in [1.82, 2.24) is 19.5 Å². The first-order valence-corrected chi connectivity index (χ1v) is 9.66. The van der Waals surface area contributed by atoms with Gasteiger partial charge < -0.3 is 4.74 Å². The third-order valence-corrected chi connectivity index (χ3v) is 5.70. The van der Waals surface area contributed by atoms with E-state index in [1.54, 1.807) is 11.8 Å². The molecule has 0 amide bonds. The van der Waals surface area contributed by atoms with E-state index in [-0.39, 0.29) is 6.10 Å². The Morgan fingerprint density at radius 3 is 2.96 bits per heavy atom. The molecule has 0 radical (unpaired) electrons. The first-order chi connectivity index (χ1) is 12.3. The molecule has 1 atom stereocenters. The number of hydrogen-bond donors (Lipinski definition) is 0. The zero-order chi connectivity index (χ0) is 17.1. The number of pyridine rings is 1. The summed E-state index contributed by atoms with van der Waals surface area (Å²) in [4.78, 5) is 2.40. The fourth-order valence-corrected chi connectivity index (χ4v) is 4.10. The van der Waals surface area contributed by atoms with E-state index in [4.69, 9.17) is 16.3 Å². The molecule has 5 nitrogen and oxygen atoms in total. The molecule has 3 aromatic rings. The maximum Gasteiger partial charge on any atom is 0.195 e. The monoisotopic (exact) mass is 374 g/mol. The summed E-state index contributed by atoms with van der Waals surface area (Å²) in [6.45, 7) is 3.43. The molecule has 1 fully saturated rings. The molecule has 0 spiro atoms. The third-order valence-electron chi connectivity index (χ3n) is 4.26. The summed E-state index contributed by atoms with van der Waals surface area (Å²) in [7, 11) is 0. The lowest BCUT2D eigenvalue weighted by Gasteiger charge is -2.32. The Kier molecular flexibility index (Phi) is 5.22.